The first-order valence-electron chi connectivity index (χ1n) is 9.39. The topological polar surface area (TPSA) is 81.9 Å². The Kier molecular flexibility index (Phi) is 5.20. The summed E-state index contributed by atoms with van der Waals surface area (Å²) in [6.07, 6.45) is 2.24. The first-order valence-corrected chi connectivity index (χ1v) is 9.39. The summed E-state index contributed by atoms with van der Waals surface area (Å²) in [5.41, 5.74) is 6.69. The summed E-state index contributed by atoms with van der Waals surface area (Å²) >= 11 is 0. The number of methoxy groups -OCH3 is 1. The summed E-state index contributed by atoms with van der Waals surface area (Å²) in [7, 11) is 1.61. The zero-order chi connectivity index (χ0) is 18.6. The van der Waals surface area contributed by atoms with Crippen molar-refractivity contribution in [3.63, 3.8) is 0 Å². The number of aromatic nitrogens is 1. The van der Waals surface area contributed by atoms with E-state index in [-0.39, 0.29) is 12.1 Å². The van der Waals surface area contributed by atoms with Crippen LogP contribution in [0.2, 0.25) is 0 Å². The van der Waals surface area contributed by atoms with Crippen LogP contribution in [0.15, 0.2) is 36.4 Å². The minimum atomic E-state index is 0.0404. The van der Waals surface area contributed by atoms with E-state index in [9.17, 15) is 0 Å². The van der Waals surface area contributed by atoms with Gasteiger partial charge in [0.05, 0.1) is 12.8 Å². The van der Waals surface area contributed by atoms with Crippen LogP contribution in [0.25, 0.3) is 0 Å². The average Bonchev–Trinajstić information content (AvgIpc) is 2.70. The molecular weight excluding hydrogens is 344 g/mol. The van der Waals surface area contributed by atoms with Gasteiger partial charge < -0.3 is 25.3 Å². The number of nitrogen functional groups attached to an aromatic ring is 1. The zero-order valence-electron chi connectivity index (χ0n) is 15.6. The average molecular weight is 370 g/mol. The molecule has 3 N–H and O–H groups in total. The molecule has 2 atom stereocenters. The summed E-state index contributed by atoms with van der Waals surface area (Å²) in [4.78, 5) is 6.85. The minimum Gasteiger partial charge on any atom is -0.486 e. The first kappa shape index (κ1) is 17.7. The number of likely N-dealkylation sites (tertiary alicyclic amines) is 1. The molecule has 1 fully saturated rings. The largest absolute Gasteiger partial charge is 0.486 e. The summed E-state index contributed by atoms with van der Waals surface area (Å²) in [6, 6.07) is 11.7. The Morgan fingerprint density at radius 2 is 2.11 bits per heavy atom. The molecule has 0 radical (unpaired) electrons. The van der Waals surface area contributed by atoms with Crippen LogP contribution in [0, 0.1) is 0 Å². The van der Waals surface area contributed by atoms with Gasteiger partial charge in [-0.15, -0.1) is 0 Å². The van der Waals surface area contributed by atoms with E-state index in [1.165, 1.54) is 0 Å². The summed E-state index contributed by atoms with van der Waals surface area (Å²) < 4.78 is 17.1. The van der Waals surface area contributed by atoms with Crippen molar-refractivity contribution >= 4 is 11.5 Å². The standard InChI is InChI=1S/C20H26N4O3/c1-25-19-9-8-16(21)20(23-19)22-14-5-4-10-24(11-14)12-15-13-26-17-6-2-3-7-18(17)27-15/h2-3,6-9,14-15H,4-5,10-13,21H2,1H3,(H,22,23). The highest BCUT2D eigenvalue weighted by Crippen LogP contribution is 2.31. The van der Waals surface area contributed by atoms with E-state index in [2.05, 4.69) is 15.2 Å². The van der Waals surface area contributed by atoms with Crippen molar-refractivity contribution in [2.24, 2.45) is 0 Å². The number of rotatable bonds is 5. The lowest BCUT2D eigenvalue weighted by molar-refractivity contribution is 0.0518. The number of anilines is 2. The third-order valence-corrected chi connectivity index (χ3v) is 4.99. The van der Waals surface area contributed by atoms with Gasteiger partial charge in [0.2, 0.25) is 5.88 Å². The van der Waals surface area contributed by atoms with Gasteiger partial charge >= 0.3 is 0 Å². The van der Waals surface area contributed by atoms with Crippen molar-refractivity contribution in [1.82, 2.24) is 9.88 Å². The van der Waals surface area contributed by atoms with E-state index in [1.807, 2.05) is 30.3 Å². The van der Waals surface area contributed by atoms with Crippen molar-refractivity contribution < 1.29 is 14.2 Å². The van der Waals surface area contributed by atoms with Crippen LogP contribution in [0.5, 0.6) is 17.4 Å². The van der Waals surface area contributed by atoms with Gasteiger partial charge in [-0.2, -0.15) is 4.98 Å². The fourth-order valence-corrected chi connectivity index (χ4v) is 3.65. The number of ether oxygens (including phenoxy) is 3. The second-order valence-corrected chi connectivity index (χ2v) is 7.03. The number of hydrogen-bond donors (Lipinski definition) is 2. The van der Waals surface area contributed by atoms with Gasteiger partial charge in [0, 0.05) is 25.2 Å². The van der Waals surface area contributed by atoms with Gasteiger partial charge in [-0.05, 0) is 37.6 Å². The monoisotopic (exact) mass is 370 g/mol. The molecule has 3 heterocycles. The fourth-order valence-electron chi connectivity index (χ4n) is 3.65. The number of nitrogens with zero attached hydrogens (tertiary/aromatic N) is 2. The molecule has 0 bridgehead atoms. The number of fused-ring (bicyclic) bond motifs is 1. The number of para-hydroxylation sites is 2. The predicted molar refractivity (Wildman–Crippen MR) is 105 cm³/mol. The Balaban J connectivity index is 1.35. The predicted octanol–water partition coefficient (Wildman–Crippen LogP) is 2.39. The Morgan fingerprint density at radius 3 is 2.96 bits per heavy atom. The van der Waals surface area contributed by atoms with Crippen molar-refractivity contribution in [1.29, 1.82) is 0 Å². The van der Waals surface area contributed by atoms with Crippen LogP contribution in [-0.2, 0) is 0 Å². The molecule has 4 rings (SSSR count). The molecule has 144 valence electrons. The van der Waals surface area contributed by atoms with Crippen molar-refractivity contribution in [2.75, 3.05) is 44.4 Å². The molecular formula is C20H26N4O3. The van der Waals surface area contributed by atoms with Crippen molar-refractivity contribution in [2.45, 2.75) is 25.0 Å². The van der Waals surface area contributed by atoms with Gasteiger partial charge in [0.25, 0.3) is 0 Å². The van der Waals surface area contributed by atoms with Gasteiger partial charge in [-0.25, -0.2) is 0 Å². The van der Waals surface area contributed by atoms with Crippen molar-refractivity contribution in [3.05, 3.63) is 36.4 Å². The molecule has 0 saturated carbocycles. The first-order chi connectivity index (χ1) is 13.2. The van der Waals surface area contributed by atoms with E-state index in [0.29, 0.717) is 24.0 Å². The summed E-state index contributed by atoms with van der Waals surface area (Å²) in [5, 5.41) is 3.48. The number of benzene rings is 1. The molecule has 27 heavy (non-hydrogen) atoms. The molecule has 0 spiro atoms. The lowest BCUT2D eigenvalue weighted by Crippen LogP contribution is -2.48. The Hall–Kier alpha value is -2.67. The van der Waals surface area contributed by atoms with Gasteiger partial charge in [-0.3, -0.25) is 4.90 Å². The minimum absolute atomic E-state index is 0.0404. The Bertz CT molecular complexity index is 786. The maximum absolute atomic E-state index is 6.10. The van der Waals surface area contributed by atoms with E-state index in [1.54, 1.807) is 13.2 Å². The highest BCUT2D eigenvalue weighted by Gasteiger charge is 2.27. The quantitative estimate of drug-likeness (QED) is 0.836. The molecule has 2 unspecified atom stereocenters. The van der Waals surface area contributed by atoms with Crippen LogP contribution >= 0.6 is 0 Å². The summed E-state index contributed by atoms with van der Waals surface area (Å²) in [5.74, 6) is 2.90. The number of pyridine rings is 1. The van der Waals surface area contributed by atoms with Crippen molar-refractivity contribution in [3.8, 4) is 17.4 Å². The fraction of sp³-hybridized carbons (Fsp3) is 0.450. The van der Waals surface area contributed by atoms with Gasteiger partial charge in [-0.1, -0.05) is 12.1 Å². The SMILES string of the molecule is COc1ccc(N)c(NC2CCCN(CC3COc4ccccc4O3)C2)n1. The maximum Gasteiger partial charge on any atom is 0.215 e. The van der Waals surface area contributed by atoms with Crippen LogP contribution in [-0.4, -0.2) is 55.4 Å². The second-order valence-electron chi connectivity index (χ2n) is 7.03. The van der Waals surface area contributed by atoms with Gasteiger partial charge in [0.15, 0.2) is 17.3 Å². The lowest BCUT2D eigenvalue weighted by Gasteiger charge is -2.36. The Morgan fingerprint density at radius 1 is 1.26 bits per heavy atom. The Labute approximate surface area is 159 Å². The molecule has 2 aliphatic rings. The molecule has 7 nitrogen and oxygen atoms in total. The number of hydrogen-bond acceptors (Lipinski definition) is 7. The van der Waals surface area contributed by atoms with Crippen LogP contribution in [0.1, 0.15) is 12.8 Å². The van der Waals surface area contributed by atoms with E-state index < -0.39 is 0 Å². The zero-order valence-corrected chi connectivity index (χ0v) is 15.6. The molecule has 2 aliphatic heterocycles. The number of piperidine rings is 1. The molecule has 0 amide bonds. The third kappa shape index (κ3) is 4.19. The maximum atomic E-state index is 6.10. The molecule has 0 aliphatic carbocycles. The molecule has 1 aromatic carbocycles. The smallest absolute Gasteiger partial charge is 0.215 e. The van der Waals surface area contributed by atoms with Gasteiger partial charge in [0.1, 0.15) is 12.7 Å². The van der Waals surface area contributed by atoms with E-state index >= 15 is 0 Å². The van der Waals surface area contributed by atoms with E-state index in [0.717, 1.165) is 44.0 Å². The highest BCUT2D eigenvalue weighted by molar-refractivity contribution is 5.62. The number of nitrogens with two attached hydrogens (primary N) is 1. The van der Waals surface area contributed by atoms with Crippen LogP contribution < -0.4 is 25.3 Å². The number of nitrogens with one attached hydrogen (secondary N) is 1. The molecule has 2 aromatic rings. The van der Waals surface area contributed by atoms with E-state index in [4.69, 9.17) is 19.9 Å². The summed E-state index contributed by atoms with van der Waals surface area (Å²) in [6.45, 7) is 3.39. The third-order valence-electron chi connectivity index (χ3n) is 4.99. The highest BCUT2D eigenvalue weighted by atomic mass is 16.6. The molecule has 7 heteroatoms. The van der Waals surface area contributed by atoms with Crippen LogP contribution in [0.3, 0.4) is 0 Å². The normalized spacial score (nSPS) is 22.3. The molecule has 1 aromatic heterocycles. The molecule has 1 saturated heterocycles. The van der Waals surface area contributed by atoms with Crippen LogP contribution in [0.4, 0.5) is 11.5 Å². The second kappa shape index (κ2) is 7.92. The lowest BCUT2D eigenvalue weighted by atomic mass is 10.0.